The Balaban J connectivity index is 4.10. The van der Waals surface area contributed by atoms with Crippen LogP contribution in [0.5, 0.6) is 0 Å². The van der Waals surface area contributed by atoms with Crippen molar-refractivity contribution < 1.29 is 32.5 Å². The largest absolute Gasteiger partial charge is 0.474 e. The molecule has 23 heavy (non-hydrogen) atoms. The SMILES string of the molecule is O=CCCCCOP(=O)(OCCCCC=O)OCCCCC=O. The zero-order chi connectivity index (χ0) is 17.2. The average Bonchev–Trinajstić information content (AvgIpc) is 2.54. The summed E-state index contributed by atoms with van der Waals surface area (Å²) in [6, 6.07) is 0. The summed E-state index contributed by atoms with van der Waals surface area (Å²) >= 11 is 0. The van der Waals surface area contributed by atoms with Crippen LogP contribution in [0, 0.1) is 0 Å². The van der Waals surface area contributed by atoms with Crippen LogP contribution < -0.4 is 0 Å². The van der Waals surface area contributed by atoms with E-state index in [9.17, 15) is 18.9 Å². The molecule has 0 saturated carbocycles. The van der Waals surface area contributed by atoms with Crippen LogP contribution in [-0.4, -0.2) is 38.7 Å². The standard InChI is InChI=1S/C15H27O7P/c16-10-4-1-7-13-20-23(19,21-14-8-2-5-11-17)22-15-9-3-6-12-18/h10-12H,1-9,13-15H2. The van der Waals surface area contributed by atoms with Crippen molar-refractivity contribution in [3.63, 3.8) is 0 Å². The number of hydrogen-bond donors (Lipinski definition) is 0. The van der Waals surface area contributed by atoms with Crippen LogP contribution in [0.1, 0.15) is 57.8 Å². The second-order valence-electron chi connectivity index (χ2n) is 4.93. The van der Waals surface area contributed by atoms with Crippen molar-refractivity contribution in [2.75, 3.05) is 19.8 Å². The second kappa shape index (κ2) is 16.0. The molecule has 0 aromatic rings. The minimum absolute atomic E-state index is 0.188. The number of hydrogen-bond acceptors (Lipinski definition) is 7. The lowest BCUT2D eigenvalue weighted by Gasteiger charge is -2.18. The monoisotopic (exact) mass is 350 g/mol. The average molecular weight is 350 g/mol. The molecule has 0 radical (unpaired) electrons. The van der Waals surface area contributed by atoms with Crippen molar-refractivity contribution in [2.24, 2.45) is 0 Å². The Morgan fingerprint density at radius 1 is 0.565 bits per heavy atom. The molecule has 0 amide bonds. The van der Waals surface area contributed by atoms with Crippen molar-refractivity contribution in [2.45, 2.75) is 57.8 Å². The summed E-state index contributed by atoms with van der Waals surface area (Å²) in [5.41, 5.74) is 0. The zero-order valence-electron chi connectivity index (χ0n) is 13.5. The van der Waals surface area contributed by atoms with Gasteiger partial charge in [-0.3, -0.25) is 13.6 Å². The Labute approximate surface area is 137 Å². The van der Waals surface area contributed by atoms with Gasteiger partial charge in [0.05, 0.1) is 19.8 Å². The summed E-state index contributed by atoms with van der Waals surface area (Å²) in [5, 5.41) is 0. The zero-order valence-corrected chi connectivity index (χ0v) is 14.4. The lowest BCUT2D eigenvalue weighted by atomic mass is 10.3. The normalized spacial score (nSPS) is 11.3. The van der Waals surface area contributed by atoms with Gasteiger partial charge in [-0.2, -0.15) is 0 Å². The van der Waals surface area contributed by atoms with E-state index in [1.54, 1.807) is 0 Å². The first kappa shape index (κ1) is 22.1. The summed E-state index contributed by atoms with van der Waals surface area (Å²) in [6.45, 7) is 0.565. The van der Waals surface area contributed by atoms with Gasteiger partial charge in [0.15, 0.2) is 0 Å². The molecule has 0 heterocycles. The van der Waals surface area contributed by atoms with Crippen LogP contribution >= 0.6 is 7.82 Å². The summed E-state index contributed by atoms with van der Waals surface area (Å²) in [6.07, 6.45) is 7.52. The molecule has 0 rings (SSSR count). The van der Waals surface area contributed by atoms with Crippen LogP contribution in [0.3, 0.4) is 0 Å². The summed E-state index contributed by atoms with van der Waals surface area (Å²) < 4.78 is 28.2. The van der Waals surface area contributed by atoms with Crippen LogP contribution in [0.15, 0.2) is 0 Å². The maximum absolute atomic E-state index is 12.4. The molecule has 0 unspecified atom stereocenters. The van der Waals surface area contributed by atoms with Crippen molar-refractivity contribution in [3.05, 3.63) is 0 Å². The fourth-order valence-corrected chi connectivity index (χ4v) is 2.91. The number of carbonyl (C=O) groups excluding carboxylic acids is 3. The molecule has 0 bridgehead atoms. The first-order chi connectivity index (χ1) is 11.2. The van der Waals surface area contributed by atoms with Crippen LogP contribution in [0.25, 0.3) is 0 Å². The highest BCUT2D eigenvalue weighted by molar-refractivity contribution is 7.48. The van der Waals surface area contributed by atoms with E-state index in [2.05, 4.69) is 0 Å². The number of aldehydes is 3. The Bertz CT molecular complexity index is 307. The molecule has 0 spiro atoms. The third-order valence-electron chi connectivity index (χ3n) is 2.90. The lowest BCUT2D eigenvalue weighted by molar-refractivity contribution is -0.108. The van der Waals surface area contributed by atoms with E-state index in [0.29, 0.717) is 57.8 Å². The van der Waals surface area contributed by atoms with E-state index in [1.807, 2.05) is 0 Å². The third kappa shape index (κ3) is 14.4. The van der Waals surface area contributed by atoms with Gasteiger partial charge in [0.1, 0.15) is 18.9 Å². The van der Waals surface area contributed by atoms with Gasteiger partial charge in [-0.1, -0.05) is 0 Å². The molecular weight excluding hydrogens is 323 g/mol. The van der Waals surface area contributed by atoms with Crippen LogP contribution in [0.4, 0.5) is 0 Å². The summed E-state index contributed by atoms with van der Waals surface area (Å²) in [4.78, 5) is 30.7. The molecule has 0 aliphatic carbocycles. The summed E-state index contributed by atoms with van der Waals surface area (Å²) in [7, 11) is -3.63. The van der Waals surface area contributed by atoms with Gasteiger partial charge in [-0.15, -0.1) is 0 Å². The van der Waals surface area contributed by atoms with Gasteiger partial charge >= 0.3 is 7.82 Å². The summed E-state index contributed by atoms with van der Waals surface area (Å²) in [5.74, 6) is 0. The molecule has 0 fully saturated rings. The van der Waals surface area contributed by atoms with E-state index in [4.69, 9.17) is 13.6 Å². The number of rotatable bonds is 18. The van der Waals surface area contributed by atoms with E-state index in [1.165, 1.54) is 0 Å². The molecular formula is C15H27O7P. The quantitative estimate of drug-likeness (QED) is 0.213. The maximum atomic E-state index is 12.4. The molecule has 0 saturated heterocycles. The van der Waals surface area contributed by atoms with E-state index in [0.717, 1.165) is 18.9 Å². The van der Waals surface area contributed by atoms with Gasteiger partial charge in [-0.05, 0) is 38.5 Å². The highest BCUT2D eigenvalue weighted by atomic mass is 31.2. The number of phosphoric ester groups is 1. The van der Waals surface area contributed by atoms with Gasteiger partial charge in [-0.25, -0.2) is 4.57 Å². The molecule has 0 N–H and O–H groups in total. The third-order valence-corrected chi connectivity index (χ3v) is 4.39. The fourth-order valence-electron chi connectivity index (χ4n) is 1.63. The van der Waals surface area contributed by atoms with E-state index < -0.39 is 7.82 Å². The number of unbranched alkanes of at least 4 members (excludes halogenated alkanes) is 6. The topological polar surface area (TPSA) is 96.0 Å². The Kier molecular flexibility index (Phi) is 15.4. The maximum Gasteiger partial charge on any atom is 0.474 e. The molecule has 0 aromatic heterocycles. The molecule has 8 heteroatoms. The van der Waals surface area contributed by atoms with Crippen molar-refractivity contribution >= 4 is 26.7 Å². The molecule has 7 nitrogen and oxygen atoms in total. The van der Waals surface area contributed by atoms with Gasteiger partial charge < -0.3 is 14.4 Å². The van der Waals surface area contributed by atoms with Gasteiger partial charge in [0.25, 0.3) is 0 Å². The first-order valence-electron chi connectivity index (χ1n) is 8.03. The minimum Gasteiger partial charge on any atom is -0.303 e. The molecule has 0 aliphatic rings. The minimum atomic E-state index is -3.63. The Morgan fingerprint density at radius 3 is 1.13 bits per heavy atom. The highest BCUT2D eigenvalue weighted by Gasteiger charge is 2.26. The Hall–Kier alpha value is -0.880. The molecule has 0 atom stereocenters. The van der Waals surface area contributed by atoms with E-state index in [-0.39, 0.29) is 19.8 Å². The lowest BCUT2D eigenvalue weighted by Crippen LogP contribution is -2.04. The van der Waals surface area contributed by atoms with Gasteiger partial charge in [0.2, 0.25) is 0 Å². The smallest absolute Gasteiger partial charge is 0.303 e. The Morgan fingerprint density at radius 2 is 0.870 bits per heavy atom. The first-order valence-corrected chi connectivity index (χ1v) is 9.49. The number of carbonyl (C=O) groups is 3. The fraction of sp³-hybridized carbons (Fsp3) is 0.800. The van der Waals surface area contributed by atoms with Crippen LogP contribution in [-0.2, 0) is 32.5 Å². The predicted octanol–water partition coefficient (Wildman–Crippen LogP) is 3.25. The molecule has 0 aliphatic heterocycles. The van der Waals surface area contributed by atoms with Crippen molar-refractivity contribution in [1.29, 1.82) is 0 Å². The van der Waals surface area contributed by atoms with E-state index >= 15 is 0 Å². The van der Waals surface area contributed by atoms with Crippen molar-refractivity contribution in [1.82, 2.24) is 0 Å². The van der Waals surface area contributed by atoms with Gasteiger partial charge in [0, 0.05) is 19.3 Å². The second-order valence-corrected chi connectivity index (χ2v) is 6.60. The molecule has 134 valence electrons. The molecule has 0 aromatic carbocycles. The number of phosphoric acid groups is 1. The highest BCUT2D eigenvalue weighted by Crippen LogP contribution is 2.49. The van der Waals surface area contributed by atoms with Crippen molar-refractivity contribution in [3.8, 4) is 0 Å². The predicted molar refractivity (Wildman–Crippen MR) is 85.2 cm³/mol. The van der Waals surface area contributed by atoms with Crippen LogP contribution in [0.2, 0.25) is 0 Å².